The lowest BCUT2D eigenvalue weighted by Gasteiger charge is -2.29. The van der Waals surface area contributed by atoms with E-state index in [4.69, 9.17) is 14.2 Å². The van der Waals surface area contributed by atoms with Gasteiger partial charge in [-0.05, 0) is 56.7 Å². The molecule has 2 aromatic rings. The van der Waals surface area contributed by atoms with Crippen LogP contribution in [0.4, 0.5) is 11.4 Å². The molecule has 1 amide bonds. The normalized spacial score (nSPS) is 13.8. The summed E-state index contributed by atoms with van der Waals surface area (Å²) in [6, 6.07) is 8.40. The molecule has 1 N–H and O–H groups in total. The topological polar surface area (TPSA) is 111 Å². The third-order valence-electron chi connectivity index (χ3n) is 4.86. The number of nitrogens with one attached hydrogen (secondary N) is 1. The maximum Gasteiger partial charge on any atom is 0.338 e. The molecule has 3 rings (SSSR count). The fraction of sp³-hybridized carbons (Fsp3) is 0.364. The molecule has 172 valence electrons. The van der Waals surface area contributed by atoms with Crippen LogP contribution < -0.4 is 19.1 Å². The van der Waals surface area contributed by atoms with Crippen LogP contribution in [-0.4, -0.2) is 52.4 Å². The molecule has 0 aromatic heterocycles. The van der Waals surface area contributed by atoms with Crippen molar-refractivity contribution in [1.29, 1.82) is 0 Å². The van der Waals surface area contributed by atoms with Gasteiger partial charge < -0.3 is 19.5 Å². The first-order chi connectivity index (χ1) is 15.1. The van der Waals surface area contributed by atoms with Gasteiger partial charge in [-0.1, -0.05) is 0 Å². The number of esters is 1. The van der Waals surface area contributed by atoms with Crippen LogP contribution in [0.5, 0.6) is 11.5 Å². The van der Waals surface area contributed by atoms with Crippen molar-refractivity contribution in [2.75, 3.05) is 35.7 Å². The summed E-state index contributed by atoms with van der Waals surface area (Å²) in [5, 5.41) is 2.74. The number of hydrogen-bond acceptors (Lipinski definition) is 7. The molecule has 0 bridgehead atoms. The molecule has 1 atom stereocenters. The van der Waals surface area contributed by atoms with Crippen LogP contribution in [0.2, 0.25) is 0 Å². The Morgan fingerprint density at radius 2 is 1.81 bits per heavy atom. The lowest BCUT2D eigenvalue weighted by molar-refractivity contribution is -0.116. The molecular weight excluding hydrogens is 436 g/mol. The molecule has 0 aliphatic carbocycles. The SMILES string of the molecule is CCOC(=O)c1ccc(NC(=O)C(C)N(c2ccc3c(c2)OCCO3)S(C)(=O)=O)c(C)c1. The van der Waals surface area contributed by atoms with Gasteiger partial charge in [0.05, 0.1) is 24.1 Å². The lowest BCUT2D eigenvalue weighted by atomic mass is 10.1. The second-order valence-corrected chi connectivity index (χ2v) is 9.16. The number of anilines is 2. The Kier molecular flexibility index (Phi) is 6.93. The molecule has 10 heteroatoms. The van der Waals surface area contributed by atoms with Crippen LogP contribution in [0.25, 0.3) is 0 Å². The number of fused-ring (bicyclic) bond motifs is 1. The van der Waals surface area contributed by atoms with Crippen LogP contribution >= 0.6 is 0 Å². The zero-order valence-corrected chi connectivity index (χ0v) is 19.2. The lowest BCUT2D eigenvalue weighted by Crippen LogP contribution is -2.45. The van der Waals surface area contributed by atoms with Gasteiger partial charge in [-0.2, -0.15) is 0 Å². The van der Waals surface area contributed by atoms with Gasteiger partial charge >= 0.3 is 5.97 Å². The van der Waals surface area contributed by atoms with Gasteiger partial charge in [0, 0.05) is 11.8 Å². The molecule has 1 heterocycles. The largest absolute Gasteiger partial charge is 0.486 e. The van der Waals surface area contributed by atoms with Crippen molar-refractivity contribution in [2.24, 2.45) is 0 Å². The maximum atomic E-state index is 13.0. The molecule has 0 saturated heterocycles. The van der Waals surface area contributed by atoms with Crippen molar-refractivity contribution in [1.82, 2.24) is 0 Å². The summed E-state index contributed by atoms with van der Waals surface area (Å²) >= 11 is 0. The van der Waals surface area contributed by atoms with E-state index in [0.717, 1.165) is 10.6 Å². The van der Waals surface area contributed by atoms with E-state index in [-0.39, 0.29) is 12.3 Å². The summed E-state index contributed by atoms with van der Waals surface area (Å²) < 4.78 is 42.2. The van der Waals surface area contributed by atoms with Crippen LogP contribution in [0.3, 0.4) is 0 Å². The number of benzene rings is 2. The third kappa shape index (κ3) is 5.13. The van der Waals surface area contributed by atoms with E-state index in [2.05, 4.69) is 5.32 Å². The molecule has 32 heavy (non-hydrogen) atoms. The number of sulfonamides is 1. The molecular formula is C22H26N2O7S. The van der Waals surface area contributed by atoms with Crippen molar-refractivity contribution in [3.8, 4) is 11.5 Å². The third-order valence-corrected chi connectivity index (χ3v) is 6.11. The van der Waals surface area contributed by atoms with E-state index in [0.29, 0.717) is 41.5 Å². The van der Waals surface area contributed by atoms with Gasteiger partial charge in [-0.3, -0.25) is 9.10 Å². The number of aryl methyl sites for hydroxylation is 1. The Morgan fingerprint density at radius 1 is 1.12 bits per heavy atom. The molecule has 0 saturated carbocycles. The quantitative estimate of drug-likeness (QED) is 0.630. The first-order valence-electron chi connectivity index (χ1n) is 10.1. The van der Waals surface area contributed by atoms with Gasteiger partial charge in [-0.15, -0.1) is 0 Å². The number of ether oxygens (including phenoxy) is 3. The number of nitrogens with zero attached hydrogens (tertiary/aromatic N) is 1. The van der Waals surface area contributed by atoms with Gasteiger partial charge in [0.25, 0.3) is 0 Å². The summed E-state index contributed by atoms with van der Waals surface area (Å²) in [5.41, 5.74) is 1.75. The monoisotopic (exact) mass is 462 g/mol. The summed E-state index contributed by atoms with van der Waals surface area (Å²) in [6.45, 7) is 5.97. The van der Waals surface area contributed by atoms with Crippen molar-refractivity contribution in [2.45, 2.75) is 26.8 Å². The predicted molar refractivity (Wildman–Crippen MR) is 120 cm³/mol. The summed E-state index contributed by atoms with van der Waals surface area (Å²) in [4.78, 5) is 24.9. The Hall–Kier alpha value is -3.27. The number of hydrogen-bond donors (Lipinski definition) is 1. The fourth-order valence-electron chi connectivity index (χ4n) is 3.36. The second kappa shape index (κ2) is 9.47. The van der Waals surface area contributed by atoms with Gasteiger partial charge in [-0.25, -0.2) is 13.2 Å². The van der Waals surface area contributed by atoms with Gasteiger partial charge in [0.2, 0.25) is 15.9 Å². The Morgan fingerprint density at radius 3 is 2.44 bits per heavy atom. The Labute approximate surface area is 187 Å². The minimum absolute atomic E-state index is 0.259. The number of rotatable bonds is 7. The van der Waals surface area contributed by atoms with Crippen molar-refractivity contribution in [3.63, 3.8) is 0 Å². The summed E-state index contributed by atoms with van der Waals surface area (Å²) in [6.07, 6.45) is 1.03. The van der Waals surface area contributed by atoms with Gasteiger partial charge in [0.15, 0.2) is 11.5 Å². The predicted octanol–water partition coefficient (Wildman–Crippen LogP) is 2.74. The molecule has 1 unspecified atom stereocenters. The summed E-state index contributed by atoms with van der Waals surface area (Å²) in [5.74, 6) is -0.0516. The van der Waals surface area contributed by atoms with Crippen molar-refractivity contribution < 1.29 is 32.2 Å². The minimum atomic E-state index is -3.80. The molecule has 1 aliphatic rings. The van der Waals surface area contributed by atoms with Crippen LogP contribution in [-0.2, 0) is 19.6 Å². The maximum absolute atomic E-state index is 13.0. The fourth-order valence-corrected chi connectivity index (χ4v) is 4.53. The van der Waals surface area contributed by atoms with E-state index in [1.54, 1.807) is 50.2 Å². The van der Waals surface area contributed by atoms with Crippen molar-refractivity contribution >= 4 is 33.3 Å². The minimum Gasteiger partial charge on any atom is -0.486 e. The second-order valence-electron chi connectivity index (χ2n) is 7.30. The van der Waals surface area contributed by atoms with E-state index < -0.39 is 27.9 Å². The smallest absolute Gasteiger partial charge is 0.338 e. The molecule has 9 nitrogen and oxygen atoms in total. The molecule has 1 aliphatic heterocycles. The summed E-state index contributed by atoms with van der Waals surface area (Å²) in [7, 11) is -3.80. The molecule has 0 fully saturated rings. The van der Waals surface area contributed by atoms with E-state index in [1.165, 1.54) is 6.92 Å². The number of carbonyl (C=O) groups is 2. The van der Waals surface area contributed by atoms with E-state index in [9.17, 15) is 18.0 Å². The first kappa shape index (κ1) is 23.4. The highest BCUT2D eigenvalue weighted by atomic mass is 32.2. The Balaban J connectivity index is 1.84. The zero-order valence-electron chi connectivity index (χ0n) is 18.4. The number of carbonyl (C=O) groups excluding carboxylic acids is 2. The van der Waals surface area contributed by atoms with Crippen LogP contribution in [0.1, 0.15) is 29.8 Å². The van der Waals surface area contributed by atoms with Crippen molar-refractivity contribution in [3.05, 3.63) is 47.5 Å². The number of amides is 1. The molecule has 0 radical (unpaired) electrons. The van der Waals surface area contributed by atoms with Gasteiger partial charge in [0.1, 0.15) is 19.3 Å². The highest BCUT2D eigenvalue weighted by Crippen LogP contribution is 2.35. The standard InChI is InChI=1S/C22H26N2O7S/c1-5-29-22(26)16-6-8-18(14(2)12-16)23-21(25)15(3)24(32(4,27)28)17-7-9-19-20(13-17)31-11-10-30-19/h6-9,12-13,15H,5,10-11H2,1-4H3,(H,23,25). The molecule has 2 aromatic carbocycles. The van der Waals surface area contributed by atoms with Crippen LogP contribution in [0.15, 0.2) is 36.4 Å². The average Bonchev–Trinajstić information content (AvgIpc) is 2.74. The van der Waals surface area contributed by atoms with E-state index in [1.807, 2.05) is 0 Å². The first-order valence-corrected chi connectivity index (χ1v) is 11.9. The zero-order chi connectivity index (χ0) is 23.5. The van der Waals surface area contributed by atoms with E-state index >= 15 is 0 Å². The average molecular weight is 463 g/mol. The Bertz CT molecular complexity index is 1130. The molecule has 0 spiro atoms. The highest BCUT2D eigenvalue weighted by molar-refractivity contribution is 7.92. The van der Waals surface area contributed by atoms with Crippen LogP contribution in [0, 0.1) is 6.92 Å². The highest BCUT2D eigenvalue weighted by Gasteiger charge is 2.30.